The molecule has 1 heterocycles. The Morgan fingerprint density at radius 3 is 2.17 bits per heavy atom. The summed E-state index contributed by atoms with van der Waals surface area (Å²) in [4.78, 5) is 27.8. The molecule has 1 aromatic rings. The lowest BCUT2D eigenvalue weighted by Crippen LogP contribution is -2.48. The first-order chi connectivity index (χ1) is 11.0. The second-order valence-corrected chi connectivity index (χ2v) is 6.76. The molecule has 0 aromatic heterocycles. The quantitative estimate of drug-likeness (QED) is 0.756. The van der Waals surface area contributed by atoms with Crippen LogP contribution in [0.4, 0.5) is 5.69 Å². The molecule has 23 heavy (non-hydrogen) atoms. The number of hydrogen-bond donors (Lipinski definition) is 0. The zero-order chi connectivity index (χ0) is 16.8. The summed E-state index contributed by atoms with van der Waals surface area (Å²) in [6, 6.07) is 7.75. The Labute approximate surface area is 139 Å². The Kier molecular flexibility index (Phi) is 6.20. The molecule has 4 heteroatoms. The normalized spacial score (nSPS) is 15.1. The van der Waals surface area contributed by atoms with Crippen LogP contribution >= 0.6 is 0 Å². The van der Waals surface area contributed by atoms with Crippen molar-refractivity contribution in [2.75, 3.05) is 31.1 Å². The van der Waals surface area contributed by atoms with E-state index in [1.807, 2.05) is 29.2 Å². The maximum absolute atomic E-state index is 12.2. The van der Waals surface area contributed by atoms with Gasteiger partial charge in [0.25, 0.3) is 0 Å². The van der Waals surface area contributed by atoms with Gasteiger partial charge < -0.3 is 9.80 Å². The molecule has 0 atom stereocenters. The molecule has 1 aliphatic rings. The topological polar surface area (TPSA) is 40.6 Å². The van der Waals surface area contributed by atoms with Gasteiger partial charge in [-0.05, 0) is 43.5 Å². The van der Waals surface area contributed by atoms with Crippen molar-refractivity contribution in [2.45, 2.75) is 40.0 Å². The molecule has 0 spiro atoms. The Morgan fingerprint density at radius 2 is 1.65 bits per heavy atom. The van der Waals surface area contributed by atoms with Gasteiger partial charge in [0.05, 0.1) is 0 Å². The van der Waals surface area contributed by atoms with E-state index >= 15 is 0 Å². The number of ketones is 1. The van der Waals surface area contributed by atoms with Crippen LogP contribution in [0.15, 0.2) is 24.3 Å². The van der Waals surface area contributed by atoms with Crippen LogP contribution in [0.25, 0.3) is 0 Å². The first kappa shape index (κ1) is 17.5. The highest BCUT2D eigenvalue weighted by Gasteiger charge is 2.21. The lowest BCUT2D eigenvalue weighted by Gasteiger charge is -2.36. The van der Waals surface area contributed by atoms with Crippen LogP contribution in [0, 0.1) is 5.92 Å². The zero-order valence-corrected chi connectivity index (χ0v) is 14.5. The van der Waals surface area contributed by atoms with Crippen molar-refractivity contribution < 1.29 is 9.59 Å². The molecule has 4 nitrogen and oxygen atoms in total. The van der Waals surface area contributed by atoms with Gasteiger partial charge in [-0.2, -0.15) is 0 Å². The molecule has 1 fully saturated rings. The van der Waals surface area contributed by atoms with Crippen LogP contribution in [-0.4, -0.2) is 42.8 Å². The van der Waals surface area contributed by atoms with Crippen molar-refractivity contribution >= 4 is 17.4 Å². The first-order valence-corrected chi connectivity index (χ1v) is 8.61. The lowest BCUT2D eigenvalue weighted by atomic mass is 10.1. The second-order valence-electron chi connectivity index (χ2n) is 6.76. The van der Waals surface area contributed by atoms with Crippen molar-refractivity contribution in [2.24, 2.45) is 5.92 Å². The monoisotopic (exact) mass is 316 g/mol. The standard InChI is InChI=1S/C19H28N2O2/c1-15(2)5-4-6-19(23)21-13-11-20(12-14-21)18-9-7-17(8-10-18)16(3)22/h7-10,15H,4-6,11-14H2,1-3H3. The summed E-state index contributed by atoms with van der Waals surface area (Å²) in [6.45, 7) is 9.26. The summed E-state index contributed by atoms with van der Waals surface area (Å²) in [5, 5.41) is 0. The van der Waals surface area contributed by atoms with E-state index in [2.05, 4.69) is 18.7 Å². The SMILES string of the molecule is CC(=O)c1ccc(N2CCN(C(=O)CCCC(C)C)CC2)cc1. The van der Waals surface area contributed by atoms with Gasteiger partial charge >= 0.3 is 0 Å². The summed E-state index contributed by atoms with van der Waals surface area (Å²) in [6.07, 6.45) is 2.78. The van der Waals surface area contributed by atoms with E-state index in [4.69, 9.17) is 0 Å². The predicted octanol–water partition coefficient (Wildman–Crippen LogP) is 3.36. The van der Waals surface area contributed by atoms with Gasteiger partial charge in [-0.1, -0.05) is 20.3 Å². The maximum atomic E-state index is 12.2. The molecule has 2 rings (SSSR count). The third-order valence-corrected chi connectivity index (χ3v) is 4.44. The summed E-state index contributed by atoms with van der Waals surface area (Å²) < 4.78 is 0. The average Bonchev–Trinajstić information content (AvgIpc) is 2.54. The van der Waals surface area contributed by atoms with E-state index in [1.54, 1.807) is 6.92 Å². The van der Waals surface area contributed by atoms with Crippen molar-refractivity contribution in [3.05, 3.63) is 29.8 Å². The number of carbonyl (C=O) groups excluding carboxylic acids is 2. The highest BCUT2D eigenvalue weighted by Crippen LogP contribution is 2.18. The molecule has 1 saturated heterocycles. The summed E-state index contributed by atoms with van der Waals surface area (Å²) in [7, 11) is 0. The fourth-order valence-electron chi connectivity index (χ4n) is 2.94. The van der Waals surface area contributed by atoms with E-state index < -0.39 is 0 Å². The molecule has 0 aliphatic carbocycles. The fraction of sp³-hybridized carbons (Fsp3) is 0.579. The Bertz CT molecular complexity index is 529. The summed E-state index contributed by atoms with van der Waals surface area (Å²) >= 11 is 0. The molecule has 0 radical (unpaired) electrons. The summed E-state index contributed by atoms with van der Waals surface area (Å²) in [5.41, 5.74) is 1.87. The highest BCUT2D eigenvalue weighted by molar-refractivity contribution is 5.94. The third-order valence-electron chi connectivity index (χ3n) is 4.44. The van der Waals surface area contributed by atoms with Crippen LogP contribution in [-0.2, 0) is 4.79 Å². The number of Topliss-reactive ketones (excluding diaryl/α,β-unsaturated/α-hetero) is 1. The van der Waals surface area contributed by atoms with Crippen molar-refractivity contribution in [3.8, 4) is 0 Å². The maximum Gasteiger partial charge on any atom is 0.222 e. The number of rotatable bonds is 6. The van der Waals surface area contributed by atoms with Gasteiger partial charge in [0.2, 0.25) is 5.91 Å². The zero-order valence-electron chi connectivity index (χ0n) is 14.5. The van der Waals surface area contributed by atoms with E-state index in [9.17, 15) is 9.59 Å². The van der Waals surface area contributed by atoms with Crippen molar-refractivity contribution in [3.63, 3.8) is 0 Å². The molecule has 0 saturated carbocycles. The van der Waals surface area contributed by atoms with Gasteiger partial charge in [-0.25, -0.2) is 0 Å². The minimum Gasteiger partial charge on any atom is -0.368 e. The van der Waals surface area contributed by atoms with E-state index in [0.29, 0.717) is 12.3 Å². The number of nitrogens with zero attached hydrogens (tertiary/aromatic N) is 2. The van der Waals surface area contributed by atoms with Crippen molar-refractivity contribution in [1.82, 2.24) is 4.90 Å². The molecule has 0 unspecified atom stereocenters. The van der Waals surface area contributed by atoms with Crippen LogP contribution in [0.2, 0.25) is 0 Å². The number of anilines is 1. The van der Waals surface area contributed by atoms with Gasteiger partial charge in [-0.15, -0.1) is 0 Å². The first-order valence-electron chi connectivity index (χ1n) is 8.61. The Morgan fingerprint density at radius 1 is 1.04 bits per heavy atom. The largest absolute Gasteiger partial charge is 0.368 e. The van der Waals surface area contributed by atoms with Crippen LogP contribution in [0.3, 0.4) is 0 Å². The third kappa shape index (κ3) is 5.08. The number of piperazine rings is 1. The minimum atomic E-state index is 0.0911. The molecule has 0 N–H and O–H groups in total. The van der Waals surface area contributed by atoms with E-state index in [0.717, 1.165) is 50.3 Å². The highest BCUT2D eigenvalue weighted by atomic mass is 16.2. The number of hydrogen-bond acceptors (Lipinski definition) is 3. The lowest BCUT2D eigenvalue weighted by molar-refractivity contribution is -0.131. The second kappa shape index (κ2) is 8.14. The van der Waals surface area contributed by atoms with Crippen molar-refractivity contribution in [1.29, 1.82) is 0 Å². The van der Waals surface area contributed by atoms with Crippen LogP contribution in [0.1, 0.15) is 50.4 Å². The van der Waals surface area contributed by atoms with Gasteiger partial charge in [0, 0.05) is 43.9 Å². The predicted molar refractivity (Wildman–Crippen MR) is 93.9 cm³/mol. The van der Waals surface area contributed by atoms with E-state index in [1.165, 1.54) is 0 Å². The molecule has 126 valence electrons. The molecule has 1 amide bonds. The van der Waals surface area contributed by atoms with Crippen LogP contribution in [0.5, 0.6) is 0 Å². The number of amides is 1. The number of benzene rings is 1. The average molecular weight is 316 g/mol. The van der Waals surface area contributed by atoms with Gasteiger partial charge in [0.1, 0.15) is 0 Å². The Hall–Kier alpha value is -1.84. The molecule has 0 bridgehead atoms. The summed E-state index contributed by atoms with van der Waals surface area (Å²) in [5.74, 6) is 1.04. The molecule has 1 aliphatic heterocycles. The minimum absolute atomic E-state index is 0.0911. The molecular weight excluding hydrogens is 288 g/mol. The molecule has 1 aromatic carbocycles. The van der Waals surface area contributed by atoms with Gasteiger partial charge in [-0.3, -0.25) is 9.59 Å². The smallest absolute Gasteiger partial charge is 0.222 e. The Balaban J connectivity index is 1.81. The molecular formula is C19H28N2O2. The van der Waals surface area contributed by atoms with Gasteiger partial charge in [0.15, 0.2) is 5.78 Å². The number of carbonyl (C=O) groups is 2. The fourth-order valence-corrected chi connectivity index (χ4v) is 2.94. The van der Waals surface area contributed by atoms with E-state index in [-0.39, 0.29) is 11.7 Å². The van der Waals surface area contributed by atoms with Crippen LogP contribution < -0.4 is 4.90 Å².